The van der Waals surface area contributed by atoms with E-state index in [4.69, 9.17) is 10.8 Å². The van der Waals surface area contributed by atoms with E-state index in [1.54, 1.807) is 0 Å². The Morgan fingerprint density at radius 2 is 2.06 bits per heavy atom. The molecular formula is C12H22N4. The van der Waals surface area contributed by atoms with Crippen molar-refractivity contribution >= 4 is 0 Å². The lowest BCUT2D eigenvalue weighted by Gasteiger charge is -2.22. The van der Waals surface area contributed by atoms with Crippen molar-refractivity contribution in [1.29, 1.82) is 0 Å². The average Bonchev–Trinajstić information content (AvgIpc) is 2.54. The van der Waals surface area contributed by atoms with Crippen molar-refractivity contribution in [2.75, 3.05) is 13.6 Å². The zero-order chi connectivity index (χ0) is 11.9. The molecule has 2 heterocycles. The highest BCUT2D eigenvalue weighted by Gasteiger charge is 2.26. The van der Waals surface area contributed by atoms with Crippen LogP contribution in [-0.2, 0) is 25.0 Å². The smallest absolute Gasteiger partial charge is 0.0800 e. The van der Waals surface area contributed by atoms with Gasteiger partial charge >= 0.3 is 0 Å². The van der Waals surface area contributed by atoms with Gasteiger partial charge in [-0.25, -0.2) is 0 Å². The topological polar surface area (TPSA) is 47.1 Å². The molecule has 0 atom stereocenters. The van der Waals surface area contributed by atoms with Crippen molar-refractivity contribution in [3.8, 4) is 0 Å². The van der Waals surface area contributed by atoms with Gasteiger partial charge in [0.2, 0.25) is 0 Å². The largest absolute Gasteiger partial charge is 0.325 e. The molecule has 0 aromatic carbocycles. The van der Waals surface area contributed by atoms with Gasteiger partial charge in [-0.1, -0.05) is 0 Å². The van der Waals surface area contributed by atoms with E-state index in [9.17, 15) is 0 Å². The van der Waals surface area contributed by atoms with Crippen molar-refractivity contribution in [2.45, 2.75) is 45.8 Å². The second kappa shape index (κ2) is 3.86. The quantitative estimate of drug-likeness (QED) is 0.773. The van der Waals surface area contributed by atoms with Crippen LogP contribution in [0, 0.1) is 0 Å². The Balaban J connectivity index is 2.49. The van der Waals surface area contributed by atoms with Gasteiger partial charge in [0.05, 0.1) is 16.9 Å². The number of nitrogens with two attached hydrogens (primary N) is 1. The minimum Gasteiger partial charge on any atom is -0.325 e. The van der Waals surface area contributed by atoms with Gasteiger partial charge in [-0.05, 0) is 34.2 Å². The first kappa shape index (κ1) is 11.6. The average molecular weight is 222 g/mol. The monoisotopic (exact) mass is 222 g/mol. The fourth-order valence-electron chi connectivity index (χ4n) is 2.35. The lowest BCUT2D eigenvalue weighted by Crippen LogP contribution is -2.27. The first-order chi connectivity index (χ1) is 7.43. The number of nitrogens with zero attached hydrogens (tertiary/aromatic N) is 3. The fourth-order valence-corrected chi connectivity index (χ4v) is 2.35. The van der Waals surface area contributed by atoms with Crippen LogP contribution >= 0.6 is 0 Å². The molecule has 4 heteroatoms. The molecule has 1 aromatic rings. The second-order valence-corrected chi connectivity index (χ2v) is 5.65. The van der Waals surface area contributed by atoms with Gasteiger partial charge < -0.3 is 10.6 Å². The van der Waals surface area contributed by atoms with Crippen LogP contribution in [0.4, 0.5) is 0 Å². The highest BCUT2D eigenvalue weighted by molar-refractivity contribution is 5.29. The number of hydrogen-bond donors (Lipinski definition) is 1. The van der Waals surface area contributed by atoms with Crippen LogP contribution in [-0.4, -0.2) is 28.3 Å². The van der Waals surface area contributed by atoms with E-state index in [-0.39, 0.29) is 5.54 Å². The van der Waals surface area contributed by atoms with E-state index in [1.165, 1.54) is 17.0 Å². The Morgan fingerprint density at radius 1 is 1.38 bits per heavy atom. The Kier molecular flexibility index (Phi) is 2.80. The summed E-state index contributed by atoms with van der Waals surface area (Å²) in [6, 6.07) is 0. The lowest BCUT2D eigenvalue weighted by molar-refractivity contribution is 0.303. The molecular weight excluding hydrogens is 200 g/mol. The molecule has 1 aliphatic heterocycles. The number of rotatable bonds is 1. The van der Waals surface area contributed by atoms with Crippen molar-refractivity contribution in [2.24, 2.45) is 5.73 Å². The first-order valence-corrected chi connectivity index (χ1v) is 5.92. The van der Waals surface area contributed by atoms with E-state index >= 15 is 0 Å². The number of likely N-dealkylation sites (N-methyl/N-ethyl adjacent to an activating group) is 1. The predicted molar refractivity (Wildman–Crippen MR) is 65.2 cm³/mol. The summed E-state index contributed by atoms with van der Waals surface area (Å²) < 4.78 is 2.11. The zero-order valence-corrected chi connectivity index (χ0v) is 10.7. The number of aromatic nitrogens is 2. The molecule has 0 bridgehead atoms. The van der Waals surface area contributed by atoms with E-state index in [0.29, 0.717) is 6.54 Å². The van der Waals surface area contributed by atoms with Gasteiger partial charge in [-0.2, -0.15) is 5.10 Å². The maximum absolute atomic E-state index is 5.88. The molecule has 2 N–H and O–H groups in total. The third-order valence-electron chi connectivity index (χ3n) is 3.17. The third kappa shape index (κ3) is 1.87. The van der Waals surface area contributed by atoms with Crippen LogP contribution in [0.3, 0.4) is 0 Å². The SMILES string of the molecule is CN1CCc2c(nn(C(C)(C)C)c2CN)C1. The molecule has 0 amide bonds. The summed E-state index contributed by atoms with van der Waals surface area (Å²) in [5.41, 5.74) is 9.71. The van der Waals surface area contributed by atoms with Crippen LogP contribution in [0.2, 0.25) is 0 Å². The molecule has 1 aliphatic rings. The maximum atomic E-state index is 5.88. The summed E-state index contributed by atoms with van der Waals surface area (Å²) in [6.07, 6.45) is 1.08. The Labute approximate surface area is 97.4 Å². The Morgan fingerprint density at radius 3 is 2.62 bits per heavy atom. The molecule has 4 nitrogen and oxygen atoms in total. The van der Waals surface area contributed by atoms with Crippen molar-refractivity contribution < 1.29 is 0 Å². The Bertz CT molecular complexity index is 386. The normalized spacial score (nSPS) is 17.6. The molecule has 90 valence electrons. The van der Waals surface area contributed by atoms with Gasteiger partial charge in [0.15, 0.2) is 0 Å². The summed E-state index contributed by atoms with van der Waals surface area (Å²) >= 11 is 0. The molecule has 0 fully saturated rings. The summed E-state index contributed by atoms with van der Waals surface area (Å²) in [6.45, 7) is 9.17. The van der Waals surface area contributed by atoms with Gasteiger partial charge in [0.25, 0.3) is 0 Å². The summed E-state index contributed by atoms with van der Waals surface area (Å²) in [5, 5.41) is 4.74. The standard InChI is InChI=1S/C12H22N4/c1-12(2,3)16-11(7-13)9-5-6-15(4)8-10(9)14-16/h5-8,13H2,1-4H3. The predicted octanol–water partition coefficient (Wildman–Crippen LogP) is 1.08. The highest BCUT2D eigenvalue weighted by atomic mass is 15.3. The van der Waals surface area contributed by atoms with Crippen LogP contribution in [0.25, 0.3) is 0 Å². The fraction of sp³-hybridized carbons (Fsp3) is 0.750. The molecule has 2 rings (SSSR count). The Hall–Kier alpha value is -0.870. The summed E-state index contributed by atoms with van der Waals surface area (Å²) in [4.78, 5) is 2.31. The van der Waals surface area contributed by atoms with E-state index in [0.717, 1.165) is 19.5 Å². The van der Waals surface area contributed by atoms with Crippen molar-refractivity contribution in [3.63, 3.8) is 0 Å². The van der Waals surface area contributed by atoms with Gasteiger partial charge in [0, 0.05) is 25.2 Å². The van der Waals surface area contributed by atoms with E-state index in [2.05, 4.69) is 37.4 Å². The molecule has 1 aromatic heterocycles. The summed E-state index contributed by atoms with van der Waals surface area (Å²) in [7, 11) is 2.14. The van der Waals surface area contributed by atoms with Crippen LogP contribution in [0.1, 0.15) is 37.7 Å². The molecule has 0 spiro atoms. The summed E-state index contributed by atoms with van der Waals surface area (Å²) in [5.74, 6) is 0. The van der Waals surface area contributed by atoms with Gasteiger partial charge in [-0.3, -0.25) is 4.68 Å². The van der Waals surface area contributed by atoms with Gasteiger partial charge in [-0.15, -0.1) is 0 Å². The third-order valence-corrected chi connectivity index (χ3v) is 3.17. The lowest BCUT2D eigenvalue weighted by atomic mass is 10.0. The molecule has 0 unspecified atom stereocenters. The van der Waals surface area contributed by atoms with E-state index < -0.39 is 0 Å². The van der Waals surface area contributed by atoms with Crippen LogP contribution < -0.4 is 5.73 Å². The van der Waals surface area contributed by atoms with Crippen LogP contribution in [0.15, 0.2) is 0 Å². The number of fused-ring (bicyclic) bond motifs is 1. The van der Waals surface area contributed by atoms with Crippen molar-refractivity contribution in [3.05, 3.63) is 17.0 Å². The molecule has 0 radical (unpaired) electrons. The van der Waals surface area contributed by atoms with Crippen molar-refractivity contribution in [1.82, 2.24) is 14.7 Å². The van der Waals surface area contributed by atoms with Gasteiger partial charge in [0.1, 0.15) is 0 Å². The first-order valence-electron chi connectivity index (χ1n) is 5.92. The minimum absolute atomic E-state index is 0.0185. The maximum Gasteiger partial charge on any atom is 0.0800 e. The van der Waals surface area contributed by atoms with Crippen LogP contribution in [0.5, 0.6) is 0 Å². The highest BCUT2D eigenvalue weighted by Crippen LogP contribution is 2.25. The molecule has 16 heavy (non-hydrogen) atoms. The van der Waals surface area contributed by atoms with E-state index in [1.807, 2.05) is 0 Å². The molecule has 0 saturated heterocycles. The molecule has 0 aliphatic carbocycles. The molecule has 0 saturated carbocycles. The zero-order valence-electron chi connectivity index (χ0n) is 10.7. The number of hydrogen-bond acceptors (Lipinski definition) is 3. The minimum atomic E-state index is 0.0185. The second-order valence-electron chi connectivity index (χ2n) is 5.65.